The number of ether oxygens (including phenoxy) is 1. The molecule has 4 heteroatoms. The highest BCUT2D eigenvalue weighted by molar-refractivity contribution is 5.91. The van der Waals surface area contributed by atoms with Gasteiger partial charge in [-0.2, -0.15) is 0 Å². The van der Waals surface area contributed by atoms with Gasteiger partial charge in [0.1, 0.15) is 17.4 Å². The van der Waals surface area contributed by atoms with Gasteiger partial charge in [-0.1, -0.05) is 24.3 Å². The number of nitrogens with zero attached hydrogens (tertiary/aromatic N) is 3. The Labute approximate surface area is 152 Å². The lowest BCUT2D eigenvalue weighted by Crippen LogP contribution is -2.18. The van der Waals surface area contributed by atoms with E-state index in [9.17, 15) is 0 Å². The molecule has 0 spiro atoms. The summed E-state index contributed by atoms with van der Waals surface area (Å²) in [5.41, 5.74) is 5.53. The Balaban J connectivity index is 1.80. The Bertz CT molecular complexity index is 1030. The summed E-state index contributed by atoms with van der Waals surface area (Å²) < 4.78 is 6.08. The number of hydrogen-bond donors (Lipinski definition) is 0. The lowest BCUT2D eigenvalue weighted by atomic mass is 10.0. The van der Waals surface area contributed by atoms with E-state index in [4.69, 9.17) is 9.72 Å². The maximum atomic E-state index is 6.08. The second-order valence-electron chi connectivity index (χ2n) is 6.73. The Morgan fingerprint density at radius 1 is 1.00 bits per heavy atom. The lowest BCUT2D eigenvalue weighted by Gasteiger charge is -2.29. The molecule has 0 saturated carbocycles. The van der Waals surface area contributed by atoms with Crippen molar-refractivity contribution in [2.24, 2.45) is 0 Å². The van der Waals surface area contributed by atoms with Crippen LogP contribution in [0.4, 0.5) is 17.3 Å². The van der Waals surface area contributed by atoms with Crippen LogP contribution in [0.3, 0.4) is 0 Å². The van der Waals surface area contributed by atoms with Crippen LogP contribution in [0.2, 0.25) is 0 Å². The lowest BCUT2D eigenvalue weighted by molar-refractivity contribution is 0.289. The molecule has 1 aromatic carbocycles. The molecule has 128 valence electrons. The molecule has 3 aromatic rings. The van der Waals surface area contributed by atoms with Crippen molar-refractivity contribution in [3.05, 3.63) is 71.0 Å². The third-order valence-corrected chi connectivity index (χ3v) is 4.87. The van der Waals surface area contributed by atoms with Crippen LogP contribution in [0.1, 0.15) is 28.7 Å². The summed E-state index contributed by atoms with van der Waals surface area (Å²) in [5.74, 6) is 2.71. The molecule has 0 amide bonds. The summed E-state index contributed by atoms with van der Waals surface area (Å²) >= 11 is 0. The number of aromatic nitrogens is 2. The second-order valence-corrected chi connectivity index (χ2v) is 6.73. The van der Waals surface area contributed by atoms with Crippen LogP contribution in [0.15, 0.2) is 48.8 Å². The highest BCUT2D eigenvalue weighted by atomic mass is 16.5. The van der Waals surface area contributed by atoms with Gasteiger partial charge in [0.05, 0.1) is 12.3 Å². The average Bonchev–Trinajstić information content (AvgIpc) is 2.84. The average molecular weight is 341 g/mol. The summed E-state index contributed by atoms with van der Waals surface area (Å²) in [6.07, 6.45) is 10.1. The first-order valence-electron chi connectivity index (χ1n) is 8.96. The summed E-state index contributed by atoms with van der Waals surface area (Å²) in [6, 6.07) is 12.6. The van der Waals surface area contributed by atoms with Crippen molar-refractivity contribution in [2.75, 3.05) is 11.5 Å². The monoisotopic (exact) mass is 341 g/mol. The van der Waals surface area contributed by atoms with Crippen molar-refractivity contribution in [3.63, 3.8) is 0 Å². The number of benzene rings is 1. The number of anilines is 3. The molecule has 4 heterocycles. The van der Waals surface area contributed by atoms with Crippen molar-refractivity contribution in [2.45, 2.75) is 19.8 Å². The van der Waals surface area contributed by atoms with E-state index in [1.807, 2.05) is 18.5 Å². The fraction of sp³-hybridized carbons (Fsp3) is 0.182. The van der Waals surface area contributed by atoms with Gasteiger partial charge in [-0.3, -0.25) is 4.90 Å². The van der Waals surface area contributed by atoms with Crippen LogP contribution in [-0.4, -0.2) is 16.6 Å². The standard InChI is InChI=1S/C22H19N3O/c1-15-13-18-10-9-17-6-3-11-23-21(17)25(22(18)24-14-15)19-8-2-5-16-7-4-12-26-20(16)19/h2-3,5-6,8-11,13-14H,4,7,12H2,1H3. The maximum absolute atomic E-state index is 6.08. The first-order chi connectivity index (χ1) is 12.8. The van der Waals surface area contributed by atoms with E-state index in [2.05, 4.69) is 59.3 Å². The molecule has 0 atom stereocenters. The largest absolute Gasteiger partial charge is 0.491 e. The van der Waals surface area contributed by atoms with Crippen molar-refractivity contribution in [1.29, 1.82) is 0 Å². The maximum Gasteiger partial charge on any atom is 0.146 e. The quantitative estimate of drug-likeness (QED) is 0.485. The van der Waals surface area contributed by atoms with Crippen molar-refractivity contribution in [3.8, 4) is 5.75 Å². The normalized spacial score (nSPS) is 14.7. The molecule has 0 fully saturated rings. The van der Waals surface area contributed by atoms with Crippen LogP contribution in [-0.2, 0) is 6.42 Å². The zero-order valence-corrected chi connectivity index (χ0v) is 14.6. The van der Waals surface area contributed by atoms with Gasteiger partial charge in [-0.25, -0.2) is 9.97 Å². The smallest absolute Gasteiger partial charge is 0.146 e. The summed E-state index contributed by atoms with van der Waals surface area (Å²) in [4.78, 5) is 11.6. The molecule has 0 N–H and O–H groups in total. The van der Waals surface area contributed by atoms with Crippen molar-refractivity contribution in [1.82, 2.24) is 9.97 Å². The molecular weight excluding hydrogens is 322 g/mol. The molecule has 0 saturated heterocycles. The van der Waals surface area contributed by atoms with Crippen LogP contribution in [0.5, 0.6) is 5.75 Å². The minimum absolute atomic E-state index is 0.749. The van der Waals surface area contributed by atoms with Gasteiger partial charge in [0, 0.05) is 23.5 Å². The van der Waals surface area contributed by atoms with E-state index in [-0.39, 0.29) is 0 Å². The molecule has 2 aliphatic heterocycles. The minimum Gasteiger partial charge on any atom is -0.491 e. The highest BCUT2D eigenvalue weighted by Gasteiger charge is 2.27. The predicted molar refractivity (Wildman–Crippen MR) is 104 cm³/mol. The van der Waals surface area contributed by atoms with Gasteiger partial charge in [0.15, 0.2) is 0 Å². The van der Waals surface area contributed by atoms with Gasteiger partial charge in [-0.05, 0) is 55.2 Å². The molecule has 2 aromatic heterocycles. The third-order valence-electron chi connectivity index (χ3n) is 4.87. The molecule has 4 nitrogen and oxygen atoms in total. The molecular formula is C22H19N3O. The summed E-state index contributed by atoms with van der Waals surface area (Å²) in [7, 11) is 0. The van der Waals surface area contributed by atoms with Crippen molar-refractivity contribution < 1.29 is 4.74 Å². The molecule has 0 bridgehead atoms. The van der Waals surface area contributed by atoms with Gasteiger partial charge < -0.3 is 4.74 Å². The number of fused-ring (bicyclic) bond motifs is 3. The minimum atomic E-state index is 0.749. The fourth-order valence-electron chi connectivity index (χ4n) is 3.68. The zero-order chi connectivity index (χ0) is 17.5. The first kappa shape index (κ1) is 15.1. The number of para-hydroxylation sites is 1. The van der Waals surface area contributed by atoms with Gasteiger partial charge in [0.25, 0.3) is 0 Å². The molecule has 0 unspecified atom stereocenters. The van der Waals surface area contributed by atoms with Gasteiger partial charge >= 0.3 is 0 Å². The highest BCUT2D eigenvalue weighted by Crippen LogP contribution is 2.45. The summed E-state index contributed by atoms with van der Waals surface area (Å²) in [6.45, 7) is 2.81. The van der Waals surface area contributed by atoms with E-state index in [1.165, 1.54) is 5.56 Å². The fourth-order valence-corrected chi connectivity index (χ4v) is 3.68. The van der Waals surface area contributed by atoms with Crippen LogP contribution >= 0.6 is 0 Å². The molecule has 5 rings (SSSR count). The zero-order valence-electron chi connectivity index (χ0n) is 14.6. The van der Waals surface area contributed by atoms with E-state index >= 15 is 0 Å². The number of pyridine rings is 2. The van der Waals surface area contributed by atoms with E-state index in [0.29, 0.717) is 0 Å². The topological polar surface area (TPSA) is 38.2 Å². The Hall–Kier alpha value is -3.14. The summed E-state index contributed by atoms with van der Waals surface area (Å²) in [5, 5.41) is 0. The third kappa shape index (κ3) is 2.37. The molecule has 26 heavy (non-hydrogen) atoms. The number of hydrogen-bond acceptors (Lipinski definition) is 4. The van der Waals surface area contributed by atoms with E-state index < -0.39 is 0 Å². The molecule has 2 aliphatic rings. The van der Waals surface area contributed by atoms with Crippen LogP contribution in [0, 0.1) is 6.92 Å². The van der Waals surface area contributed by atoms with E-state index in [1.54, 1.807) is 0 Å². The Morgan fingerprint density at radius 2 is 1.88 bits per heavy atom. The first-order valence-corrected chi connectivity index (χ1v) is 8.96. The Kier molecular flexibility index (Phi) is 3.49. The van der Waals surface area contributed by atoms with Crippen LogP contribution in [0.25, 0.3) is 12.2 Å². The van der Waals surface area contributed by atoms with Crippen LogP contribution < -0.4 is 9.64 Å². The van der Waals surface area contributed by atoms with Crippen molar-refractivity contribution >= 4 is 29.5 Å². The molecule has 0 radical (unpaired) electrons. The second kappa shape index (κ2) is 5.99. The van der Waals surface area contributed by atoms with Gasteiger partial charge in [-0.15, -0.1) is 0 Å². The number of aryl methyl sites for hydroxylation is 2. The number of rotatable bonds is 1. The van der Waals surface area contributed by atoms with Gasteiger partial charge in [0.2, 0.25) is 0 Å². The van der Waals surface area contributed by atoms with E-state index in [0.717, 1.165) is 59.2 Å². The predicted octanol–water partition coefficient (Wildman–Crippen LogP) is 5.06. The SMILES string of the molecule is Cc1cnc2c(c1)C=Cc1cccnc1N2c1cccc2c1OCCC2. The Morgan fingerprint density at radius 3 is 2.85 bits per heavy atom. The molecule has 0 aliphatic carbocycles.